The van der Waals surface area contributed by atoms with Gasteiger partial charge in [0, 0.05) is 0 Å². The van der Waals surface area contributed by atoms with E-state index in [9.17, 15) is 0 Å². The van der Waals surface area contributed by atoms with Crippen LogP contribution in [0.2, 0.25) is 0 Å². The monoisotopic (exact) mass is 306 g/mol. The molecule has 5 rings (SSSR count). The Kier molecular flexibility index (Phi) is 2.96. The van der Waals surface area contributed by atoms with E-state index in [1.807, 2.05) is 18.2 Å². The summed E-state index contributed by atoms with van der Waals surface area (Å²) in [4.78, 5) is 2.47. The Hall–Kier alpha value is -2.24. The number of nitrogens with zero attached hydrogens (tertiary/aromatic N) is 4. The van der Waals surface area contributed by atoms with Crippen molar-refractivity contribution in [3.8, 4) is 0 Å². The first-order valence-corrected chi connectivity index (χ1v) is 8.16. The molecular weight excluding hydrogens is 288 g/mol. The summed E-state index contributed by atoms with van der Waals surface area (Å²) in [5.41, 5.74) is 3.36. The third kappa shape index (κ3) is 2.00. The van der Waals surface area contributed by atoms with Crippen molar-refractivity contribution in [3.63, 3.8) is 0 Å². The minimum Gasteiger partial charge on any atom is -0.361 e. The summed E-state index contributed by atoms with van der Waals surface area (Å²) in [6.45, 7) is 0.748. The fourth-order valence-corrected chi connectivity index (χ4v) is 3.95. The van der Waals surface area contributed by atoms with E-state index in [-0.39, 0.29) is 18.4 Å². The second-order valence-corrected chi connectivity index (χ2v) is 6.24. The van der Waals surface area contributed by atoms with Crippen molar-refractivity contribution in [1.29, 1.82) is 0 Å². The fraction of sp³-hybridized carbons (Fsp3) is 0.333. The van der Waals surface area contributed by atoms with E-state index in [1.165, 1.54) is 5.56 Å². The van der Waals surface area contributed by atoms with Crippen LogP contribution in [0.5, 0.6) is 0 Å². The van der Waals surface area contributed by atoms with Gasteiger partial charge in [-0.3, -0.25) is 0 Å². The van der Waals surface area contributed by atoms with Crippen molar-refractivity contribution in [2.45, 2.75) is 31.3 Å². The minimum atomic E-state index is 0.188. The van der Waals surface area contributed by atoms with Crippen LogP contribution in [0.1, 0.15) is 30.6 Å². The van der Waals surface area contributed by atoms with Crippen LogP contribution >= 0.6 is 0 Å². The van der Waals surface area contributed by atoms with E-state index in [1.54, 1.807) is 0 Å². The number of hydrogen-bond donors (Lipinski definition) is 0. The van der Waals surface area contributed by atoms with E-state index in [2.05, 4.69) is 56.3 Å². The van der Waals surface area contributed by atoms with Crippen LogP contribution in [0.25, 0.3) is 11.0 Å². The first-order valence-electron chi connectivity index (χ1n) is 8.16. The van der Waals surface area contributed by atoms with Crippen molar-refractivity contribution < 1.29 is 4.74 Å². The Morgan fingerprint density at radius 1 is 0.957 bits per heavy atom. The molecule has 116 valence electrons. The molecular formula is C18H18N4O. The first-order chi connectivity index (χ1) is 11.4. The van der Waals surface area contributed by atoms with Gasteiger partial charge in [-0.2, -0.15) is 0 Å². The fourth-order valence-electron chi connectivity index (χ4n) is 3.95. The van der Waals surface area contributed by atoms with Crippen molar-refractivity contribution in [1.82, 2.24) is 19.9 Å². The Balaban J connectivity index is 1.56. The van der Waals surface area contributed by atoms with Crippen LogP contribution in [-0.2, 0) is 4.74 Å². The smallest absolute Gasteiger partial charge is 0.113 e. The van der Waals surface area contributed by atoms with Gasteiger partial charge in [-0.15, -0.1) is 5.10 Å². The summed E-state index contributed by atoms with van der Waals surface area (Å²) in [7, 11) is 0. The highest BCUT2D eigenvalue weighted by Gasteiger charge is 2.45. The molecule has 2 saturated heterocycles. The predicted octanol–water partition coefficient (Wildman–Crippen LogP) is 3.12. The van der Waals surface area contributed by atoms with E-state index >= 15 is 0 Å². The van der Waals surface area contributed by atoms with Crippen molar-refractivity contribution in [2.24, 2.45) is 0 Å². The van der Waals surface area contributed by atoms with Gasteiger partial charge in [0.15, 0.2) is 0 Å². The lowest BCUT2D eigenvalue weighted by molar-refractivity contribution is 0.0307. The van der Waals surface area contributed by atoms with Gasteiger partial charge in [-0.25, -0.2) is 9.58 Å². The highest BCUT2D eigenvalue weighted by molar-refractivity contribution is 5.73. The standard InChI is InChI=1S/C18H18N4O/c1-2-6-13(7-3-1)16-12-23-18-11-10-17(21(16)18)22-15-9-5-4-8-14(15)19-20-22/h1-9,16-18H,10-12H2/t16-,17+,18-/m0/s1. The molecule has 0 aliphatic carbocycles. The highest BCUT2D eigenvalue weighted by atomic mass is 16.5. The molecule has 2 aromatic carbocycles. The topological polar surface area (TPSA) is 43.2 Å². The van der Waals surface area contributed by atoms with Crippen molar-refractivity contribution >= 4 is 11.0 Å². The van der Waals surface area contributed by atoms with Crippen LogP contribution in [0.15, 0.2) is 54.6 Å². The first kappa shape index (κ1) is 13.2. The van der Waals surface area contributed by atoms with Gasteiger partial charge in [0.25, 0.3) is 0 Å². The second kappa shape index (κ2) is 5.15. The maximum absolute atomic E-state index is 6.05. The van der Waals surface area contributed by atoms with Crippen molar-refractivity contribution in [3.05, 3.63) is 60.2 Å². The number of aromatic nitrogens is 3. The number of rotatable bonds is 2. The number of fused-ring (bicyclic) bond motifs is 2. The van der Waals surface area contributed by atoms with Crippen LogP contribution < -0.4 is 0 Å². The average molecular weight is 306 g/mol. The predicted molar refractivity (Wildman–Crippen MR) is 86.6 cm³/mol. The van der Waals surface area contributed by atoms with Gasteiger partial charge in [0.05, 0.1) is 18.2 Å². The maximum atomic E-state index is 6.05. The highest BCUT2D eigenvalue weighted by Crippen LogP contribution is 2.44. The SMILES string of the molecule is c1ccc([C@@H]2CO[C@H]3CC[C@@H](n4nnc5ccccc54)N32)cc1. The van der Waals surface area contributed by atoms with Gasteiger partial charge < -0.3 is 4.74 Å². The van der Waals surface area contributed by atoms with Crippen LogP contribution in [0.3, 0.4) is 0 Å². The Morgan fingerprint density at radius 2 is 1.78 bits per heavy atom. The zero-order valence-electron chi connectivity index (χ0n) is 12.7. The Labute approximate surface area is 134 Å². The molecule has 5 heteroatoms. The molecule has 0 unspecified atom stereocenters. The van der Waals surface area contributed by atoms with Gasteiger partial charge >= 0.3 is 0 Å². The molecule has 2 fully saturated rings. The van der Waals surface area contributed by atoms with Crippen LogP contribution in [-0.4, -0.2) is 32.7 Å². The molecule has 3 heterocycles. The lowest BCUT2D eigenvalue weighted by Crippen LogP contribution is -2.33. The minimum absolute atomic E-state index is 0.188. The molecule has 3 atom stereocenters. The third-order valence-electron chi connectivity index (χ3n) is 5.00. The second-order valence-electron chi connectivity index (χ2n) is 6.24. The summed E-state index contributed by atoms with van der Waals surface area (Å²) in [5, 5.41) is 8.76. The lowest BCUT2D eigenvalue weighted by atomic mass is 10.1. The zero-order chi connectivity index (χ0) is 15.2. The molecule has 0 radical (unpaired) electrons. The zero-order valence-corrected chi connectivity index (χ0v) is 12.7. The molecule has 0 bridgehead atoms. The largest absolute Gasteiger partial charge is 0.361 e. The molecule has 2 aliphatic rings. The van der Waals surface area contributed by atoms with Gasteiger partial charge in [-0.1, -0.05) is 47.7 Å². The Bertz CT molecular complexity index is 831. The van der Waals surface area contributed by atoms with Gasteiger partial charge in [0.2, 0.25) is 0 Å². The molecule has 0 spiro atoms. The molecule has 5 nitrogen and oxygen atoms in total. The molecule has 1 aromatic heterocycles. The quantitative estimate of drug-likeness (QED) is 0.729. The van der Waals surface area contributed by atoms with E-state index in [4.69, 9.17) is 4.74 Å². The Morgan fingerprint density at radius 3 is 2.70 bits per heavy atom. The van der Waals surface area contributed by atoms with Crippen LogP contribution in [0.4, 0.5) is 0 Å². The summed E-state index contributed by atoms with van der Waals surface area (Å²) >= 11 is 0. The molecule has 2 aliphatic heterocycles. The van der Waals surface area contributed by atoms with E-state index in [0.29, 0.717) is 0 Å². The average Bonchev–Trinajstić information content (AvgIpc) is 3.30. The number of hydrogen-bond acceptors (Lipinski definition) is 4. The number of benzene rings is 2. The molecule has 0 saturated carbocycles. The third-order valence-corrected chi connectivity index (χ3v) is 5.00. The maximum Gasteiger partial charge on any atom is 0.113 e. The number of para-hydroxylation sites is 1. The number of ether oxygens (including phenoxy) is 1. The summed E-state index contributed by atoms with van der Waals surface area (Å²) in [5.74, 6) is 0. The van der Waals surface area contributed by atoms with E-state index in [0.717, 1.165) is 30.5 Å². The summed E-state index contributed by atoms with van der Waals surface area (Å²) < 4.78 is 8.12. The summed E-state index contributed by atoms with van der Waals surface area (Å²) in [6.07, 6.45) is 2.48. The molecule has 3 aromatic rings. The lowest BCUT2D eigenvalue weighted by Gasteiger charge is -2.29. The normalized spacial score (nSPS) is 27.6. The van der Waals surface area contributed by atoms with Crippen LogP contribution in [0, 0.1) is 0 Å². The van der Waals surface area contributed by atoms with E-state index < -0.39 is 0 Å². The molecule has 23 heavy (non-hydrogen) atoms. The molecule has 0 amide bonds. The van der Waals surface area contributed by atoms with Crippen molar-refractivity contribution in [2.75, 3.05) is 6.61 Å². The summed E-state index contributed by atoms with van der Waals surface area (Å²) in [6, 6.07) is 19.1. The van der Waals surface area contributed by atoms with Gasteiger partial charge in [-0.05, 0) is 30.5 Å². The van der Waals surface area contributed by atoms with Gasteiger partial charge in [0.1, 0.15) is 17.9 Å². The molecule has 0 N–H and O–H groups in total.